The smallest absolute Gasteiger partial charge is 0.160 e. The summed E-state index contributed by atoms with van der Waals surface area (Å²) in [5.74, 6) is 0.690. The van der Waals surface area contributed by atoms with Crippen LogP contribution in [0.4, 0.5) is 0 Å². The zero-order valence-electron chi connectivity index (χ0n) is 30.4. The molecule has 0 unspecified atom stereocenters. The molecule has 0 aliphatic rings. The van der Waals surface area contributed by atoms with Gasteiger partial charge in [0, 0.05) is 38.6 Å². The Labute approximate surface area is 325 Å². The van der Waals surface area contributed by atoms with Crippen molar-refractivity contribution in [3.05, 3.63) is 206 Å². The average molecular weight is 715 g/mol. The highest BCUT2D eigenvalue weighted by atomic mass is 14.9. The van der Waals surface area contributed by atoms with E-state index in [4.69, 9.17) is 19.9 Å². The van der Waals surface area contributed by atoms with E-state index in [2.05, 4.69) is 152 Å². The topological polar surface area (TPSA) is 51.6 Å². The molecule has 7 aromatic carbocycles. The summed E-state index contributed by atoms with van der Waals surface area (Å²) in [6.45, 7) is 0. The molecule has 4 heteroatoms. The first-order valence-electron chi connectivity index (χ1n) is 18.8. The van der Waals surface area contributed by atoms with Crippen LogP contribution in [0, 0.1) is 0 Å². The van der Waals surface area contributed by atoms with Gasteiger partial charge < -0.3 is 0 Å². The molecule has 262 valence electrons. The molecule has 0 aliphatic carbocycles. The van der Waals surface area contributed by atoms with Crippen LogP contribution in [0.1, 0.15) is 0 Å². The molecule has 0 atom stereocenters. The Balaban J connectivity index is 1.06. The lowest BCUT2D eigenvalue weighted by Gasteiger charge is -2.14. The van der Waals surface area contributed by atoms with Crippen LogP contribution in [0.2, 0.25) is 0 Å². The van der Waals surface area contributed by atoms with Gasteiger partial charge in [-0.15, -0.1) is 0 Å². The number of hydrogen-bond donors (Lipinski definition) is 0. The van der Waals surface area contributed by atoms with E-state index in [0.29, 0.717) is 5.82 Å². The quantitative estimate of drug-likeness (QED) is 0.154. The molecule has 0 saturated heterocycles. The number of rotatable bonds is 7. The second kappa shape index (κ2) is 14.3. The Morgan fingerprint density at radius 2 is 0.732 bits per heavy atom. The van der Waals surface area contributed by atoms with Gasteiger partial charge in [-0.1, -0.05) is 182 Å². The van der Waals surface area contributed by atoms with Crippen molar-refractivity contribution in [2.75, 3.05) is 0 Å². The van der Waals surface area contributed by atoms with Crippen molar-refractivity contribution in [3.8, 4) is 78.7 Å². The average Bonchev–Trinajstić information content (AvgIpc) is 3.29. The lowest BCUT2D eigenvalue weighted by Crippen LogP contribution is -1.96. The van der Waals surface area contributed by atoms with Gasteiger partial charge in [-0.2, -0.15) is 0 Å². The fourth-order valence-corrected chi connectivity index (χ4v) is 7.41. The summed E-state index contributed by atoms with van der Waals surface area (Å²) < 4.78 is 0. The Kier molecular flexibility index (Phi) is 8.47. The van der Waals surface area contributed by atoms with Gasteiger partial charge in [0.15, 0.2) is 5.82 Å². The number of nitrogens with zero attached hydrogens (tertiary/aromatic N) is 4. The van der Waals surface area contributed by atoms with E-state index in [1.165, 1.54) is 0 Å². The van der Waals surface area contributed by atoms with E-state index in [0.717, 1.165) is 94.7 Å². The summed E-state index contributed by atoms with van der Waals surface area (Å²) in [5.41, 5.74) is 15.0. The monoisotopic (exact) mass is 714 g/mol. The van der Waals surface area contributed by atoms with Crippen LogP contribution in [0.5, 0.6) is 0 Å². The van der Waals surface area contributed by atoms with Crippen molar-refractivity contribution in [1.82, 2.24) is 19.9 Å². The maximum Gasteiger partial charge on any atom is 0.160 e. The van der Waals surface area contributed by atoms with E-state index in [1.54, 1.807) is 0 Å². The van der Waals surface area contributed by atoms with E-state index in [9.17, 15) is 0 Å². The van der Waals surface area contributed by atoms with Crippen LogP contribution in [0.3, 0.4) is 0 Å². The second-order valence-corrected chi connectivity index (χ2v) is 13.9. The predicted molar refractivity (Wildman–Crippen MR) is 231 cm³/mol. The lowest BCUT2D eigenvalue weighted by atomic mass is 9.95. The third-order valence-electron chi connectivity index (χ3n) is 10.3. The van der Waals surface area contributed by atoms with Gasteiger partial charge in [0.2, 0.25) is 0 Å². The fourth-order valence-electron chi connectivity index (χ4n) is 7.41. The number of hydrogen-bond acceptors (Lipinski definition) is 4. The molecule has 0 aliphatic heterocycles. The Morgan fingerprint density at radius 3 is 1.36 bits per heavy atom. The molecule has 0 bridgehead atoms. The molecule has 0 radical (unpaired) electrons. The SMILES string of the molecule is c1ccc(-c2cc(-c3ccccc3)nc(-c3ccc(-c4cccc(-c5cc(-c6ccccc6)c6ccc7ccc(-c8ccccc8)nc7c6n5)c4)cc3)n2)cc1. The molecule has 10 aromatic rings. The van der Waals surface area contributed by atoms with Gasteiger partial charge >= 0.3 is 0 Å². The Bertz CT molecular complexity index is 2930. The zero-order valence-corrected chi connectivity index (χ0v) is 30.4. The summed E-state index contributed by atoms with van der Waals surface area (Å²) in [5, 5.41) is 2.13. The molecule has 3 aromatic heterocycles. The standard InChI is InChI=1S/C52H34N4/c1-5-14-36(15-6-1)45-33-47(54-51-44(45)30-28-40-29-31-46(53-50(40)51)37-16-7-2-8-17-37)43-23-13-22-42(32-43)35-24-26-41(27-25-35)52-55-48(38-18-9-3-10-19-38)34-49(56-52)39-20-11-4-12-21-39/h1-34H. The van der Waals surface area contributed by atoms with Crippen molar-refractivity contribution in [2.24, 2.45) is 0 Å². The number of aromatic nitrogens is 4. The van der Waals surface area contributed by atoms with E-state index >= 15 is 0 Å². The van der Waals surface area contributed by atoms with Crippen molar-refractivity contribution < 1.29 is 0 Å². The van der Waals surface area contributed by atoms with E-state index < -0.39 is 0 Å². The minimum atomic E-state index is 0.690. The van der Waals surface area contributed by atoms with Gasteiger partial charge in [0.25, 0.3) is 0 Å². The first kappa shape index (κ1) is 33.0. The first-order chi connectivity index (χ1) is 27.7. The number of benzene rings is 7. The van der Waals surface area contributed by atoms with E-state index in [-0.39, 0.29) is 0 Å². The van der Waals surface area contributed by atoms with Crippen LogP contribution >= 0.6 is 0 Å². The minimum Gasteiger partial charge on any atom is -0.245 e. The second-order valence-electron chi connectivity index (χ2n) is 13.9. The van der Waals surface area contributed by atoms with Gasteiger partial charge in [-0.05, 0) is 46.5 Å². The van der Waals surface area contributed by atoms with Crippen LogP contribution in [-0.2, 0) is 0 Å². The minimum absolute atomic E-state index is 0.690. The summed E-state index contributed by atoms with van der Waals surface area (Å²) in [6.07, 6.45) is 0. The molecule has 3 heterocycles. The highest BCUT2D eigenvalue weighted by Gasteiger charge is 2.15. The summed E-state index contributed by atoms with van der Waals surface area (Å²) >= 11 is 0. The molecule has 0 spiro atoms. The highest BCUT2D eigenvalue weighted by Crippen LogP contribution is 2.37. The molecule has 56 heavy (non-hydrogen) atoms. The van der Waals surface area contributed by atoms with Crippen molar-refractivity contribution in [1.29, 1.82) is 0 Å². The third-order valence-corrected chi connectivity index (χ3v) is 10.3. The maximum absolute atomic E-state index is 5.37. The molecular weight excluding hydrogens is 681 g/mol. The number of fused-ring (bicyclic) bond motifs is 3. The number of pyridine rings is 2. The van der Waals surface area contributed by atoms with Gasteiger partial charge in [-0.3, -0.25) is 0 Å². The largest absolute Gasteiger partial charge is 0.245 e. The normalized spacial score (nSPS) is 11.2. The Hall–Kier alpha value is -7.56. The summed E-state index contributed by atoms with van der Waals surface area (Å²) in [6, 6.07) is 71.5. The van der Waals surface area contributed by atoms with Crippen molar-refractivity contribution >= 4 is 21.8 Å². The molecule has 0 N–H and O–H groups in total. The lowest BCUT2D eigenvalue weighted by molar-refractivity contribution is 1.18. The highest BCUT2D eigenvalue weighted by molar-refractivity contribution is 6.09. The van der Waals surface area contributed by atoms with Crippen LogP contribution in [0.25, 0.3) is 100 Å². The molecule has 0 amide bonds. The van der Waals surface area contributed by atoms with Crippen molar-refractivity contribution in [2.45, 2.75) is 0 Å². The Morgan fingerprint density at radius 1 is 0.250 bits per heavy atom. The zero-order chi connectivity index (χ0) is 37.3. The summed E-state index contributed by atoms with van der Waals surface area (Å²) in [4.78, 5) is 20.7. The van der Waals surface area contributed by atoms with Gasteiger partial charge in [-0.25, -0.2) is 19.9 Å². The maximum atomic E-state index is 5.37. The third kappa shape index (κ3) is 6.40. The van der Waals surface area contributed by atoms with Crippen LogP contribution in [-0.4, -0.2) is 19.9 Å². The van der Waals surface area contributed by atoms with Gasteiger partial charge in [0.1, 0.15) is 0 Å². The van der Waals surface area contributed by atoms with Crippen LogP contribution < -0.4 is 0 Å². The van der Waals surface area contributed by atoms with Crippen molar-refractivity contribution in [3.63, 3.8) is 0 Å². The molecule has 10 rings (SSSR count). The first-order valence-corrected chi connectivity index (χ1v) is 18.8. The van der Waals surface area contributed by atoms with E-state index in [1.807, 2.05) is 54.6 Å². The predicted octanol–water partition coefficient (Wildman–Crippen LogP) is 13.2. The molecular formula is C52H34N4. The fraction of sp³-hybridized carbons (Fsp3) is 0. The molecule has 4 nitrogen and oxygen atoms in total. The van der Waals surface area contributed by atoms with Crippen LogP contribution in [0.15, 0.2) is 206 Å². The molecule has 0 fully saturated rings. The summed E-state index contributed by atoms with van der Waals surface area (Å²) in [7, 11) is 0. The van der Waals surface area contributed by atoms with Gasteiger partial charge in [0.05, 0.1) is 33.8 Å². The molecule has 0 saturated carbocycles.